The first-order chi connectivity index (χ1) is 7.97. The zero-order valence-corrected chi connectivity index (χ0v) is 9.62. The van der Waals surface area contributed by atoms with E-state index in [4.69, 9.17) is 0 Å². The summed E-state index contributed by atoms with van der Waals surface area (Å²) in [4.78, 5) is 13.8. The monoisotopic (exact) mass is 241 g/mol. The average Bonchev–Trinajstić information content (AvgIpc) is 2.28. The number of rotatable bonds is 5. The molecular weight excluding hydrogens is 226 g/mol. The molecule has 0 aliphatic heterocycles. The second-order valence-electron chi connectivity index (χ2n) is 3.72. The fraction of sp³-hybridized carbons (Fsp3) is 0.500. The number of likely N-dealkylation sites (N-methyl/N-ethyl adjacent to an activating group) is 1. The number of aliphatic hydroxyl groups is 2. The van der Waals surface area contributed by atoms with Crippen molar-refractivity contribution >= 4 is 5.69 Å². The molecule has 7 nitrogen and oxygen atoms in total. The number of nitrogens with one attached hydrogen (secondary N) is 1. The molecule has 3 N–H and O–H groups in total. The van der Waals surface area contributed by atoms with E-state index < -0.39 is 17.1 Å². The largest absolute Gasteiger partial charge is 0.389 e. The Morgan fingerprint density at radius 3 is 2.71 bits per heavy atom. The molecule has 1 aromatic heterocycles. The predicted molar refractivity (Wildman–Crippen MR) is 60.5 cm³/mol. The van der Waals surface area contributed by atoms with Crippen molar-refractivity contribution in [3.05, 3.63) is 33.6 Å². The Labute approximate surface area is 98.3 Å². The number of hydrogen-bond donors (Lipinski definition) is 3. The molecule has 7 heteroatoms. The van der Waals surface area contributed by atoms with Gasteiger partial charge in [0.05, 0.1) is 16.7 Å². The van der Waals surface area contributed by atoms with Crippen LogP contribution in [0.4, 0.5) is 5.69 Å². The van der Waals surface area contributed by atoms with Crippen molar-refractivity contribution in [2.75, 3.05) is 13.6 Å². The summed E-state index contributed by atoms with van der Waals surface area (Å²) in [5.74, 6) is 0. The number of aryl methyl sites for hydroxylation is 1. The Morgan fingerprint density at radius 1 is 1.59 bits per heavy atom. The van der Waals surface area contributed by atoms with E-state index in [-0.39, 0.29) is 17.9 Å². The summed E-state index contributed by atoms with van der Waals surface area (Å²) in [5.41, 5.74) is 0.585. The number of hydrogen-bond acceptors (Lipinski definition) is 6. The second kappa shape index (κ2) is 5.67. The van der Waals surface area contributed by atoms with Crippen molar-refractivity contribution in [1.29, 1.82) is 0 Å². The molecule has 0 fully saturated rings. The van der Waals surface area contributed by atoms with E-state index in [0.717, 1.165) is 6.20 Å². The summed E-state index contributed by atoms with van der Waals surface area (Å²) >= 11 is 0. The van der Waals surface area contributed by atoms with E-state index in [9.17, 15) is 20.3 Å². The quantitative estimate of drug-likeness (QED) is 0.491. The third-order valence-corrected chi connectivity index (χ3v) is 2.37. The van der Waals surface area contributed by atoms with Crippen LogP contribution in [0.5, 0.6) is 0 Å². The van der Waals surface area contributed by atoms with Crippen LogP contribution in [0.25, 0.3) is 0 Å². The van der Waals surface area contributed by atoms with Gasteiger partial charge in [-0.3, -0.25) is 15.1 Å². The van der Waals surface area contributed by atoms with E-state index in [1.54, 1.807) is 14.0 Å². The number of nitrogens with zero attached hydrogens (tertiary/aromatic N) is 2. The molecule has 0 amide bonds. The molecule has 0 spiro atoms. The molecule has 2 atom stereocenters. The topological polar surface area (TPSA) is 109 Å². The second-order valence-corrected chi connectivity index (χ2v) is 3.72. The van der Waals surface area contributed by atoms with Gasteiger partial charge in [0.25, 0.3) is 5.69 Å². The third-order valence-electron chi connectivity index (χ3n) is 2.37. The summed E-state index contributed by atoms with van der Waals surface area (Å²) in [6.07, 6.45) is -1.10. The van der Waals surface area contributed by atoms with Gasteiger partial charge in [0.15, 0.2) is 0 Å². The van der Waals surface area contributed by atoms with Crippen LogP contribution in [0.2, 0.25) is 0 Å². The van der Waals surface area contributed by atoms with Gasteiger partial charge in [0.2, 0.25) is 0 Å². The predicted octanol–water partition coefficient (Wildman–Crippen LogP) is -0.0881. The van der Waals surface area contributed by atoms with Crippen molar-refractivity contribution in [2.24, 2.45) is 0 Å². The fourth-order valence-corrected chi connectivity index (χ4v) is 1.48. The Bertz CT molecular complexity index is 411. The van der Waals surface area contributed by atoms with Crippen LogP contribution in [0.3, 0.4) is 0 Å². The van der Waals surface area contributed by atoms with Gasteiger partial charge >= 0.3 is 0 Å². The van der Waals surface area contributed by atoms with Gasteiger partial charge < -0.3 is 15.5 Å². The molecule has 1 aromatic rings. The van der Waals surface area contributed by atoms with Gasteiger partial charge in [-0.2, -0.15) is 0 Å². The lowest BCUT2D eigenvalue weighted by molar-refractivity contribution is -0.385. The lowest BCUT2D eigenvalue weighted by Crippen LogP contribution is -2.30. The minimum Gasteiger partial charge on any atom is -0.389 e. The minimum atomic E-state index is -1.16. The fourth-order valence-electron chi connectivity index (χ4n) is 1.48. The summed E-state index contributed by atoms with van der Waals surface area (Å²) in [6.45, 7) is 1.81. The number of pyridine rings is 1. The van der Waals surface area contributed by atoms with Crippen LogP contribution in [-0.2, 0) is 0 Å². The number of aliphatic hydroxyl groups excluding tert-OH is 2. The van der Waals surface area contributed by atoms with Crippen molar-refractivity contribution in [1.82, 2.24) is 10.3 Å². The highest BCUT2D eigenvalue weighted by Crippen LogP contribution is 2.21. The van der Waals surface area contributed by atoms with Gasteiger partial charge in [-0.15, -0.1) is 0 Å². The van der Waals surface area contributed by atoms with Crippen molar-refractivity contribution in [3.63, 3.8) is 0 Å². The average molecular weight is 241 g/mol. The Hall–Kier alpha value is -1.57. The lowest BCUT2D eigenvalue weighted by atomic mass is 10.1. The Kier molecular flexibility index (Phi) is 4.50. The van der Waals surface area contributed by atoms with Crippen LogP contribution in [0, 0.1) is 17.0 Å². The van der Waals surface area contributed by atoms with Crippen LogP contribution in [0.15, 0.2) is 12.3 Å². The molecule has 2 unspecified atom stereocenters. The van der Waals surface area contributed by atoms with Gasteiger partial charge in [-0.25, -0.2) is 0 Å². The summed E-state index contributed by atoms with van der Waals surface area (Å²) in [7, 11) is 1.64. The third kappa shape index (κ3) is 3.19. The van der Waals surface area contributed by atoms with Gasteiger partial charge in [-0.1, -0.05) is 0 Å². The molecule has 0 bridgehead atoms. The summed E-state index contributed by atoms with van der Waals surface area (Å²) in [5, 5.41) is 32.6. The lowest BCUT2D eigenvalue weighted by Gasteiger charge is -2.18. The SMILES string of the molecule is CNCC(O)C(O)c1ncc([N+](=O)[O-])cc1C. The number of nitro groups is 1. The summed E-state index contributed by atoms with van der Waals surface area (Å²) < 4.78 is 0. The molecular formula is C10H15N3O4. The molecule has 17 heavy (non-hydrogen) atoms. The molecule has 1 heterocycles. The van der Waals surface area contributed by atoms with E-state index >= 15 is 0 Å². The first-order valence-electron chi connectivity index (χ1n) is 5.09. The van der Waals surface area contributed by atoms with Crippen LogP contribution >= 0.6 is 0 Å². The van der Waals surface area contributed by atoms with Gasteiger partial charge in [0, 0.05) is 12.6 Å². The van der Waals surface area contributed by atoms with E-state index in [0.29, 0.717) is 5.56 Å². The normalized spacial score (nSPS) is 14.4. The Balaban J connectivity index is 2.95. The first kappa shape index (κ1) is 13.5. The molecule has 0 aliphatic carbocycles. The van der Waals surface area contributed by atoms with Crippen molar-refractivity contribution in [2.45, 2.75) is 19.1 Å². The van der Waals surface area contributed by atoms with E-state index in [1.165, 1.54) is 6.07 Å². The van der Waals surface area contributed by atoms with Crippen LogP contribution in [-0.4, -0.2) is 39.8 Å². The highest BCUT2D eigenvalue weighted by Gasteiger charge is 2.22. The van der Waals surface area contributed by atoms with Crippen LogP contribution < -0.4 is 5.32 Å². The maximum atomic E-state index is 10.5. The molecule has 0 aromatic carbocycles. The molecule has 94 valence electrons. The summed E-state index contributed by atoms with van der Waals surface area (Å²) in [6, 6.07) is 1.32. The highest BCUT2D eigenvalue weighted by atomic mass is 16.6. The Morgan fingerprint density at radius 2 is 2.24 bits per heavy atom. The van der Waals surface area contributed by atoms with Gasteiger partial charge in [0.1, 0.15) is 12.3 Å². The molecule has 1 rings (SSSR count). The zero-order valence-electron chi connectivity index (χ0n) is 9.62. The first-order valence-corrected chi connectivity index (χ1v) is 5.09. The van der Waals surface area contributed by atoms with E-state index in [1.807, 2.05) is 0 Å². The number of aromatic nitrogens is 1. The zero-order chi connectivity index (χ0) is 13.0. The molecule has 0 saturated heterocycles. The molecule has 0 radical (unpaired) electrons. The minimum absolute atomic E-state index is 0.137. The van der Waals surface area contributed by atoms with Gasteiger partial charge in [-0.05, 0) is 19.5 Å². The van der Waals surface area contributed by atoms with E-state index in [2.05, 4.69) is 10.3 Å². The smallest absolute Gasteiger partial charge is 0.287 e. The molecule has 0 saturated carbocycles. The maximum Gasteiger partial charge on any atom is 0.287 e. The van der Waals surface area contributed by atoms with Crippen molar-refractivity contribution < 1.29 is 15.1 Å². The standard InChI is InChI=1S/C10H15N3O4/c1-6-3-7(13(16)17)4-12-9(6)10(15)8(14)5-11-2/h3-4,8,10-11,14-15H,5H2,1-2H3. The maximum absolute atomic E-state index is 10.5. The molecule has 0 aliphatic rings. The van der Waals surface area contributed by atoms with Crippen molar-refractivity contribution in [3.8, 4) is 0 Å². The van der Waals surface area contributed by atoms with Crippen LogP contribution in [0.1, 0.15) is 17.4 Å². The highest BCUT2D eigenvalue weighted by molar-refractivity contribution is 5.34.